The molecule has 6 aromatic carbocycles. The first-order valence-corrected chi connectivity index (χ1v) is 15.5. The van der Waals surface area contributed by atoms with Gasteiger partial charge in [0.15, 0.2) is 0 Å². The minimum absolute atomic E-state index is 0. The van der Waals surface area contributed by atoms with Gasteiger partial charge in [-0.25, -0.2) is 0 Å². The maximum atomic E-state index is 2.22. The number of rotatable bonds is 6. The average Bonchev–Trinajstić information content (AvgIpc) is 3.07. The van der Waals surface area contributed by atoms with Crippen LogP contribution in [-0.4, -0.2) is 0 Å². The zero-order valence-corrected chi connectivity index (χ0v) is 29.5. The molecule has 0 heterocycles. The van der Waals surface area contributed by atoms with Crippen LogP contribution < -0.4 is 33.3 Å². The van der Waals surface area contributed by atoms with Gasteiger partial charge in [0.05, 0.1) is 0 Å². The van der Waals surface area contributed by atoms with Crippen molar-refractivity contribution in [3.05, 3.63) is 182 Å². The van der Waals surface area contributed by atoms with E-state index >= 15 is 0 Å². The van der Waals surface area contributed by atoms with Gasteiger partial charge < -0.3 is 24.8 Å². The number of hydrogen-bond acceptors (Lipinski definition) is 0. The maximum absolute atomic E-state index is 2.22. The molecule has 0 saturated heterocycles. The van der Waals surface area contributed by atoms with E-state index in [4.69, 9.17) is 0 Å². The number of quaternary nitrogens is 2. The van der Waals surface area contributed by atoms with Crippen molar-refractivity contribution in [3.63, 3.8) is 0 Å². The molecule has 0 amide bonds. The molecule has 0 radical (unpaired) electrons. The van der Waals surface area contributed by atoms with Gasteiger partial charge in [-0.1, -0.05) is 0 Å². The van der Waals surface area contributed by atoms with Crippen LogP contribution in [0, 0.1) is 0 Å². The zero-order chi connectivity index (χ0) is 27.7. The van der Waals surface area contributed by atoms with E-state index in [1.165, 1.54) is 34.1 Å². The Morgan fingerprint density at radius 1 is 0.238 bits per heavy atom. The fourth-order valence-corrected chi connectivity index (χ4v) is 7.04. The summed E-state index contributed by atoms with van der Waals surface area (Å²) in [6, 6.07) is 64.4. The molecular weight excluding hydrogens is 593 g/mol. The van der Waals surface area contributed by atoms with E-state index in [0.29, 0.717) is 0 Å². The van der Waals surface area contributed by atoms with Gasteiger partial charge in [0.25, 0.3) is 0 Å². The Bertz CT molecular complexity index is 1270. The number of hydrogen-bond donors (Lipinski definition) is 0. The topological polar surface area (TPSA) is 0 Å². The fraction of sp³-hybridized carbons (Fsp3) is 0. The summed E-state index contributed by atoms with van der Waals surface area (Å²) in [6.07, 6.45) is 0. The molecule has 0 aliphatic rings. The third-order valence-corrected chi connectivity index (χ3v) is 10.7. The van der Waals surface area contributed by atoms with Crippen LogP contribution in [0.25, 0.3) is 0 Å². The van der Waals surface area contributed by atoms with Crippen LogP contribution in [0.4, 0.5) is 34.1 Å². The van der Waals surface area contributed by atoms with Crippen molar-refractivity contribution in [2.75, 3.05) is 0 Å². The van der Waals surface area contributed by atoms with E-state index in [0.717, 1.165) is 27.3 Å². The average molecular weight is 632 g/mol. The normalized spacial score (nSPS) is 10.8. The summed E-state index contributed by atoms with van der Waals surface area (Å²) in [7, 11) is 1.94. The van der Waals surface area contributed by atoms with Crippen molar-refractivity contribution in [1.82, 2.24) is 8.51 Å². The van der Waals surface area contributed by atoms with Crippen LogP contribution in [0.5, 0.6) is 0 Å². The van der Waals surface area contributed by atoms with E-state index in [-0.39, 0.29) is 24.8 Å². The van der Waals surface area contributed by atoms with Gasteiger partial charge in [-0.2, -0.15) is 0 Å². The molecule has 0 bridgehead atoms. The molecule has 6 aromatic rings. The molecule has 0 fully saturated rings. The van der Waals surface area contributed by atoms with Crippen LogP contribution in [0.15, 0.2) is 182 Å². The van der Waals surface area contributed by atoms with Crippen LogP contribution in [0.1, 0.15) is 0 Å². The second kappa shape index (κ2) is 15.8. The first-order chi connectivity index (χ1) is 19.6. The van der Waals surface area contributed by atoms with E-state index in [1.807, 2.05) is 0 Å². The third-order valence-electron chi connectivity index (χ3n) is 7.64. The minimum atomic E-state index is 0. The molecule has 0 spiro atoms. The summed E-state index contributed by atoms with van der Waals surface area (Å²) in [5.74, 6) is 0. The molecule has 0 saturated carbocycles. The second-order valence-corrected chi connectivity index (χ2v) is 12.7. The van der Waals surface area contributed by atoms with Gasteiger partial charge in [0.2, 0.25) is 0 Å². The molecule has 0 unspecified atom stereocenters. The van der Waals surface area contributed by atoms with Crippen molar-refractivity contribution < 1.29 is 24.8 Å². The van der Waals surface area contributed by atoms with E-state index in [2.05, 4.69) is 182 Å². The molecule has 2 nitrogen and oxygen atoms in total. The number of benzene rings is 6. The predicted octanol–water partition coefficient (Wildman–Crippen LogP) is 3.83. The van der Waals surface area contributed by atoms with Gasteiger partial charge in [0.1, 0.15) is 0 Å². The van der Waals surface area contributed by atoms with Crippen molar-refractivity contribution in [1.29, 1.82) is 0 Å². The van der Waals surface area contributed by atoms with Gasteiger partial charge in [-0.15, -0.1) is 0 Å². The van der Waals surface area contributed by atoms with Crippen molar-refractivity contribution in [2.45, 2.75) is 0 Å². The van der Waals surface area contributed by atoms with Crippen molar-refractivity contribution in [3.8, 4) is 0 Å². The Morgan fingerprint density at radius 2 is 0.357 bits per heavy atom. The van der Waals surface area contributed by atoms with Gasteiger partial charge in [0, 0.05) is 0 Å². The molecule has 6 heteroatoms. The van der Waals surface area contributed by atoms with E-state index in [9.17, 15) is 0 Å². The Morgan fingerprint density at radius 3 is 0.476 bits per heavy atom. The molecule has 0 aliphatic heterocycles. The first-order valence-electron chi connectivity index (χ1n) is 13.7. The monoisotopic (exact) mass is 630 g/mol. The Kier molecular flexibility index (Phi) is 12.5. The van der Waals surface area contributed by atoms with Gasteiger partial charge >= 0.3 is 243 Å². The second-order valence-electron chi connectivity index (χ2n) is 10.0. The summed E-state index contributed by atoms with van der Waals surface area (Å²) >= 11 is 0. The van der Waals surface area contributed by atoms with Gasteiger partial charge in [-0.05, 0) is 0 Å². The molecule has 0 aliphatic carbocycles. The number of nitrogens with zero attached hydrogens (tertiary/aromatic N) is 2. The fourth-order valence-electron chi connectivity index (χ4n) is 5.25. The van der Waals surface area contributed by atoms with Crippen molar-refractivity contribution in [2.24, 2.45) is 0 Å². The Balaban J connectivity index is 0.000000220. The van der Waals surface area contributed by atoms with Crippen molar-refractivity contribution >= 4 is 52.9 Å². The summed E-state index contributed by atoms with van der Waals surface area (Å²) in [6.45, 7) is 0. The van der Waals surface area contributed by atoms with Crippen LogP contribution in [0.2, 0.25) is 0 Å². The predicted molar refractivity (Wildman–Crippen MR) is 186 cm³/mol. The SMILES string of the molecule is [Cl-].[Cl-].[PH4][N+](c1ccccc1)(c1ccccc1)c1ccccc1.[PH4][N+](c1ccccc1)(c1ccccc1)c1ccccc1. The molecular formula is C36H38Cl2N2P2. The third kappa shape index (κ3) is 7.17. The van der Waals surface area contributed by atoms with Crippen LogP contribution in [0.3, 0.4) is 0 Å². The summed E-state index contributed by atoms with van der Waals surface area (Å²) < 4.78 is 1.62. The molecule has 216 valence electrons. The summed E-state index contributed by atoms with van der Waals surface area (Å²) in [5, 5.41) is 0. The molecule has 6 rings (SSSR count). The standard InChI is InChI=1S/2C18H19NP.2ClH/c2*20-19(16-10-4-1-5-11-16,17-12-6-2-7-13-17)18-14-8-3-9-15-18;;/h2*1-15H,20H4;2*1H/q2*+1;;/p-2. The van der Waals surface area contributed by atoms with E-state index in [1.54, 1.807) is 0 Å². The molecule has 0 atom stereocenters. The summed E-state index contributed by atoms with van der Waals surface area (Å²) in [4.78, 5) is 0. The van der Waals surface area contributed by atoms with Crippen LogP contribution in [-0.2, 0) is 0 Å². The van der Waals surface area contributed by atoms with Gasteiger partial charge in [-0.3, -0.25) is 0 Å². The molecule has 42 heavy (non-hydrogen) atoms. The Labute approximate surface area is 267 Å². The zero-order valence-electron chi connectivity index (χ0n) is 24.0. The first kappa shape index (κ1) is 33.2. The Hall–Kier alpha value is -3.32. The number of halogens is 2. The molecule has 0 aromatic heterocycles. The number of para-hydroxylation sites is 6. The quantitative estimate of drug-likeness (QED) is 0.246. The summed E-state index contributed by atoms with van der Waals surface area (Å²) in [5.41, 5.74) is 7.90. The van der Waals surface area contributed by atoms with E-state index < -0.39 is 0 Å². The van der Waals surface area contributed by atoms with Crippen LogP contribution >= 0.6 is 18.8 Å². The molecule has 0 N–H and O–H groups in total.